The molecule has 1 amide bonds. The summed E-state index contributed by atoms with van der Waals surface area (Å²) in [5.74, 6) is 0.380. The summed E-state index contributed by atoms with van der Waals surface area (Å²) in [7, 11) is 0. The number of carbonyl (C=O) groups excluding carboxylic acids is 1. The van der Waals surface area contributed by atoms with E-state index in [1.54, 1.807) is 6.92 Å². The minimum Gasteiger partial charge on any atom is -0.438 e. The Balaban J connectivity index is 2.02. The summed E-state index contributed by atoms with van der Waals surface area (Å²) in [6.45, 7) is 5.96. The molecule has 0 radical (unpaired) electrons. The summed E-state index contributed by atoms with van der Waals surface area (Å²) in [5, 5.41) is 9.66. The van der Waals surface area contributed by atoms with Crippen LogP contribution in [0.25, 0.3) is 0 Å². The molecule has 0 saturated carbocycles. The van der Waals surface area contributed by atoms with Gasteiger partial charge in [0, 0.05) is 17.8 Å². The number of aryl methyl sites for hydroxylation is 3. The quantitative estimate of drug-likeness (QED) is 0.837. The van der Waals surface area contributed by atoms with E-state index in [1.807, 2.05) is 13.8 Å². The number of H-pyrrole nitrogens is 1. The lowest BCUT2D eigenvalue weighted by Crippen LogP contribution is -2.23. The van der Waals surface area contributed by atoms with E-state index in [4.69, 9.17) is 4.42 Å². The van der Waals surface area contributed by atoms with Crippen molar-refractivity contribution in [2.45, 2.75) is 27.3 Å². The molecule has 0 fully saturated rings. The van der Waals surface area contributed by atoms with Crippen LogP contribution in [0.15, 0.2) is 10.6 Å². The molecule has 0 bridgehead atoms. The maximum Gasteiger partial charge on any atom is 0.307 e. The SMILES string of the molecule is Cc1cnc(C(=O)NCc2c(C)n[nH]c2C)o1. The Kier molecular flexibility index (Phi) is 2.95. The van der Waals surface area contributed by atoms with Gasteiger partial charge in [-0.3, -0.25) is 9.89 Å². The molecule has 0 aromatic carbocycles. The van der Waals surface area contributed by atoms with Crippen molar-refractivity contribution in [2.24, 2.45) is 0 Å². The third kappa shape index (κ3) is 2.35. The van der Waals surface area contributed by atoms with Crippen LogP contribution in [0.3, 0.4) is 0 Å². The zero-order chi connectivity index (χ0) is 12.4. The van der Waals surface area contributed by atoms with Crippen molar-refractivity contribution < 1.29 is 9.21 Å². The molecule has 0 spiro atoms. The van der Waals surface area contributed by atoms with Gasteiger partial charge in [-0.15, -0.1) is 0 Å². The lowest BCUT2D eigenvalue weighted by molar-refractivity contribution is 0.0915. The second kappa shape index (κ2) is 4.40. The second-order valence-electron chi connectivity index (χ2n) is 3.87. The Morgan fingerprint density at radius 1 is 1.47 bits per heavy atom. The molecule has 0 atom stereocenters. The first-order valence-corrected chi connectivity index (χ1v) is 5.29. The molecule has 2 rings (SSSR count). The summed E-state index contributed by atoms with van der Waals surface area (Å²) in [6.07, 6.45) is 1.52. The van der Waals surface area contributed by atoms with E-state index in [0.717, 1.165) is 17.0 Å². The number of oxazole rings is 1. The molecule has 0 aliphatic heterocycles. The Labute approximate surface area is 98.4 Å². The van der Waals surface area contributed by atoms with Crippen LogP contribution in [-0.2, 0) is 6.54 Å². The third-order valence-electron chi connectivity index (χ3n) is 2.52. The van der Waals surface area contributed by atoms with Crippen LogP contribution in [0, 0.1) is 20.8 Å². The molecule has 0 aliphatic rings. The number of aromatic nitrogens is 3. The van der Waals surface area contributed by atoms with Gasteiger partial charge in [0.05, 0.1) is 11.9 Å². The van der Waals surface area contributed by atoms with Crippen molar-refractivity contribution in [2.75, 3.05) is 0 Å². The van der Waals surface area contributed by atoms with Crippen LogP contribution in [0.2, 0.25) is 0 Å². The molecule has 2 aromatic rings. The van der Waals surface area contributed by atoms with E-state index in [2.05, 4.69) is 20.5 Å². The molecule has 0 unspecified atom stereocenters. The Hall–Kier alpha value is -2.11. The summed E-state index contributed by atoms with van der Waals surface area (Å²) >= 11 is 0. The minimum atomic E-state index is -0.321. The molecular formula is C11H14N4O2. The van der Waals surface area contributed by atoms with Crippen molar-refractivity contribution in [3.05, 3.63) is 34.8 Å². The number of carbonyl (C=O) groups is 1. The first-order valence-electron chi connectivity index (χ1n) is 5.29. The van der Waals surface area contributed by atoms with Crippen LogP contribution < -0.4 is 5.32 Å². The molecular weight excluding hydrogens is 220 g/mol. The molecule has 0 aliphatic carbocycles. The second-order valence-corrected chi connectivity index (χ2v) is 3.87. The van der Waals surface area contributed by atoms with E-state index >= 15 is 0 Å². The zero-order valence-electron chi connectivity index (χ0n) is 10.00. The molecule has 6 nitrogen and oxygen atoms in total. The topological polar surface area (TPSA) is 83.8 Å². The number of nitrogens with one attached hydrogen (secondary N) is 2. The zero-order valence-corrected chi connectivity index (χ0v) is 10.00. The predicted molar refractivity (Wildman–Crippen MR) is 60.5 cm³/mol. The third-order valence-corrected chi connectivity index (χ3v) is 2.52. The van der Waals surface area contributed by atoms with E-state index in [9.17, 15) is 4.79 Å². The normalized spacial score (nSPS) is 10.5. The summed E-state index contributed by atoms with van der Waals surface area (Å²) < 4.78 is 5.13. The van der Waals surface area contributed by atoms with Gasteiger partial charge in [-0.1, -0.05) is 0 Å². The van der Waals surface area contributed by atoms with Crippen molar-refractivity contribution in [3.8, 4) is 0 Å². The lowest BCUT2D eigenvalue weighted by atomic mass is 10.2. The molecule has 6 heteroatoms. The van der Waals surface area contributed by atoms with Gasteiger partial charge >= 0.3 is 5.91 Å². The minimum absolute atomic E-state index is 0.0845. The average Bonchev–Trinajstić information content (AvgIpc) is 2.84. The van der Waals surface area contributed by atoms with Gasteiger partial charge in [-0.2, -0.15) is 5.10 Å². The summed E-state index contributed by atoms with van der Waals surface area (Å²) in [4.78, 5) is 15.5. The molecule has 2 heterocycles. The van der Waals surface area contributed by atoms with Crippen LogP contribution in [0.1, 0.15) is 33.4 Å². The number of hydrogen-bond donors (Lipinski definition) is 2. The Morgan fingerprint density at radius 2 is 2.24 bits per heavy atom. The monoisotopic (exact) mass is 234 g/mol. The van der Waals surface area contributed by atoms with Crippen molar-refractivity contribution in [3.63, 3.8) is 0 Å². The average molecular weight is 234 g/mol. The Bertz CT molecular complexity index is 522. The van der Waals surface area contributed by atoms with Gasteiger partial charge in [0.2, 0.25) is 0 Å². The fraction of sp³-hybridized carbons (Fsp3) is 0.364. The van der Waals surface area contributed by atoms with E-state index in [0.29, 0.717) is 12.3 Å². The largest absolute Gasteiger partial charge is 0.438 e. The maximum absolute atomic E-state index is 11.7. The molecule has 2 N–H and O–H groups in total. The first-order chi connectivity index (χ1) is 8.08. The van der Waals surface area contributed by atoms with Gasteiger partial charge in [-0.25, -0.2) is 4.98 Å². The number of hydrogen-bond acceptors (Lipinski definition) is 4. The standard InChI is InChI=1S/C11H14N4O2/c1-6-4-13-11(17-6)10(16)12-5-9-7(2)14-15-8(9)3/h4H,5H2,1-3H3,(H,12,16)(H,14,15). The molecule has 2 aromatic heterocycles. The van der Waals surface area contributed by atoms with Gasteiger partial charge < -0.3 is 9.73 Å². The number of nitrogens with zero attached hydrogens (tertiary/aromatic N) is 2. The fourth-order valence-corrected chi connectivity index (χ4v) is 1.54. The van der Waals surface area contributed by atoms with Gasteiger partial charge in [-0.05, 0) is 20.8 Å². The maximum atomic E-state index is 11.7. The highest BCUT2D eigenvalue weighted by Gasteiger charge is 2.13. The van der Waals surface area contributed by atoms with Crippen LogP contribution in [0.4, 0.5) is 0 Å². The fourth-order valence-electron chi connectivity index (χ4n) is 1.54. The van der Waals surface area contributed by atoms with Crippen molar-refractivity contribution >= 4 is 5.91 Å². The van der Waals surface area contributed by atoms with Gasteiger partial charge in [0.25, 0.3) is 5.89 Å². The van der Waals surface area contributed by atoms with Crippen molar-refractivity contribution in [1.82, 2.24) is 20.5 Å². The van der Waals surface area contributed by atoms with Crippen LogP contribution in [0.5, 0.6) is 0 Å². The highest BCUT2D eigenvalue weighted by Crippen LogP contribution is 2.09. The van der Waals surface area contributed by atoms with Crippen LogP contribution >= 0.6 is 0 Å². The van der Waals surface area contributed by atoms with Crippen molar-refractivity contribution in [1.29, 1.82) is 0 Å². The lowest BCUT2D eigenvalue weighted by Gasteiger charge is -2.02. The summed E-state index contributed by atoms with van der Waals surface area (Å²) in [5.41, 5.74) is 2.82. The first kappa shape index (κ1) is 11.4. The van der Waals surface area contributed by atoms with E-state index in [-0.39, 0.29) is 11.8 Å². The number of rotatable bonds is 3. The highest BCUT2D eigenvalue weighted by molar-refractivity contribution is 5.89. The summed E-state index contributed by atoms with van der Waals surface area (Å²) in [6, 6.07) is 0. The van der Waals surface area contributed by atoms with E-state index in [1.165, 1.54) is 6.20 Å². The smallest absolute Gasteiger partial charge is 0.307 e. The number of aromatic amines is 1. The van der Waals surface area contributed by atoms with E-state index < -0.39 is 0 Å². The Morgan fingerprint density at radius 3 is 2.76 bits per heavy atom. The molecule has 0 saturated heterocycles. The van der Waals surface area contributed by atoms with Gasteiger partial charge in [0.1, 0.15) is 5.76 Å². The highest BCUT2D eigenvalue weighted by atomic mass is 16.4. The molecule has 90 valence electrons. The van der Waals surface area contributed by atoms with Crippen LogP contribution in [-0.4, -0.2) is 21.1 Å². The predicted octanol–water partition coefficient (Wildman–Crippen LogP) is 1.25. The van der Waals surface area contributed by atoms with Gasteiger partial charge in [0.15, 0.2) is 0 Å². The molecule has 17 heavy (non-hydrogen) atoms. The number of amides is 1.